The Morgan fingerprint density at radius 3 is 2.67 bits per heavy atom. The van der Waals surface area contributed by atoms with Crippen molar-refractivity contribution in [3.63, 3.8) is 0 Å². The Balaban J connectivity index is 2.22. The maximum Gasteiger partial charge on any atom is 0.328 e. The molecular formula is C14H17FN2O4. The van der Waals surface area contributed by atoms with Gasteiger partial charge in [-0.25, -0.2) is 14.0 Å². The maximum absolute atomic E-state index is 13.0. The Kier molecular flexibility index (Phi) is 4.74. The second-order valence-electron chi connectivity index (χ2n) is 4.63. The average Bonchev–Trinajstić information content (AvgIpc) is 2.49. The van der Waals surface area contributed by atoms with Crippen molar-refractivity contribution in [2.45, 2.75) is 13.0 Å². The normalized spacial score (nSPS) is 18.4. The van der Waals surface area contributed by atoms with Crippen LogP contribution in [0.4, 0.5) is 14.9 Å². The summed E-state index contributed by atoms with van der Waals surface area (Å²) in [7, 11) is 0. The molecule has 0 saturated carbocycles. The Hall–Kier alpha value is -2.15. The van der Waals surface area contributed by atoms with Crippen LogP contribution in [0.15, 0.2) is 24.3 Å². The predicted molar refractivity (Wildman–Crippen MR) is 73.8 cm³/mol. The molecule has 1 saturated heterocycles. The smallest absolute Gasteiger partial charge is 0.328 e. The van der Waals surface area contributed by atoms with Gasteiger partial charge in [-0.3, -0.25) is 4.90 Å². The lowest BCUT2D eigenvalue weighted by Gasteiger charge is -2.36. The van der Waals surface area contributed by atoms with E-state index in [4.69, 9.17) is 4.74 Å². The Morgan fingerprint density at radius 2 is 2.10 bits per heavy atom. The minimum absolute atomic E-state index is 0.0257. The van der Waals surface area contributed by atoms with E-state index in [9.17, 15) is 19.1 Å². The van der Waals surface area contributed by atoms with Crippen LogP contribution < -0.4 is 4.90 Å². The van der Waals surface area contributed by atoms with Crippen LogP contribution in [0.5, 0.6) is 0 Å². The molecule has 0 radical (unpaired) electrons. The molecule has 0 spiro atoms. The Labute approximate surface area is 121 Å². The van der Waals surface area contributed by atoms with E-state index >= 15 is 0 Å². The summed E-state index contributed by atoms with van der Waals surface area (Å²) in [6.45, 7) is 2.62. The highest BCUT2D eigenvalue weighted by Crippen LogP contribution is 2.19. The number of nitrogens with zero attached hydrogens (tertiary/aromatic N) is 2. The number of hydrogen-bond donors (Lipinski definition) is 1. The van der Waals surface area contributed by atoms with Crippen LogP contribution in [0, 0.1) is 5.82 Å². The average molecular weight is 296 g/mol. The van der Waals surface area contributed by atoms with E-state index in [1.807, 2.05) is 0 Å². The van der Waals surface area contributed by atoms with Gasteiger partial charge in [-0.1, -0.05) is 0 Å². The Bertz CT molecular complexity index is 520. The molecule has 1 fully saturated rings. The summed E-state index contributed by atoms with van der Waals surface area (Å²) in [5.74, 6) is -1.49. The largest absolute Gasteiger partial charge is 0.480 e. The maximum atomic E-state index is 13.0. The van der Waals surface area contributed by atoms with Crippen LogP contribution in [0.2, 0.25) is 0 Å². The number of anilines is 1. The van der Waals surface area contributed by atoms with E-state index in [0.29, 0.717) is 18.8 Å². The van der Waals surface area contributed by atoms with Crippen molar-refractivity contribution in [1.29, 1.82) is 0 Å². The monoisotopic (exact) mass is 296 g/mol. The number of aliphatic carboxylic acids is 1. The number of urea groups is 1. The van der Waals surface area contributed by atoms with E-state index in [1.165, 1.54) is 34.1 Å². The van der Waals surface area contributed by atoms with Crippen LogP contribution in [-0.2, 0) is 9.53 Å². The number of rotatable bonds is 3. The summed E-state index contributed by atoms with van der Waals surface area (Å²) in [5, 5.41) is 9.18. The molecule has 1 aliphatic heterocycles. The number of carboxylic acids is 1. The molecule has 6 nitrogen and oxygen atoms in total. The molecule has 7 heteroatoms. The number of carbonyl (C=O) groups is 2. The molecule has 114 valence electrons. The van der Waals surface area contributed by atoms with Crippen LogP contribution in [0.1, 0.15) is 6.92 Å². The number of carbonyl (C=O) groups excluding carboxylic acids is 1. The molecule has 1 aromatic rings. The van der Waals surface area contributed by atoms with Crippen molar-refractivity contribution in [2.75, 3.05) is 31.2 Å². The van der Waals surface area contributed by atoms with Gasteiger partial charge < -0.3 is 14.7 Å². The van der Waals surface area contributed by atoms with E-state index < -0.39 is 23.9 Å². The molecule has 0 aliphatic carbocycles. The van der Waals surface area contributed by atoms with Crippen LogP contribution in [0.3, 0.4) is 0 Å². The lowest BCUT2D eigenvalue weighted by atomic mass is 10.2. The number of halogens is 1. The number of ether oxygens (including phenoxy) is 1. The van der Waals surface area contributed by atoms with E-state index in [0.717, 1.165) is 0 Å². The minimum Gasteiger partial charge on any atom is -0.480 e. The van der Waals surface area contributed by atoms with Crippen molar-refractivity contribution in [3.8, 4) is 0 Å². The minimum atomic E-state index is -1.10. The van der Waals surface area contributed by atoms with Gasteiger partial charge in [-0.2, -0.15) is 0 Å². The van der Waals surface area contributed by atoms with Gasteiger partial charge in [-0.15, -0.1) is 0 Å². The van der Waals surface area contributed by atoms with Crippen LogP contribution in [-0.4, -0.2) is 54.4 Å². The molecule has 0 aromatic heterocycles. The van der Waals surface area contributed by atoms with Crippen LogP contribution in [0.25, 0.3) is 0 Å². The van der Waals surface area contributed by atoms with E-state index in [1.54, 1.807) is 6.92 Å². The number of morpholine rings is 1. The quantitative estimate of drug-likeness (QED) is 0.919. The van der Waals surface area contributed by atoms with E-state index in [-0.39, 0.29) is 13.2 Å². The first kappa shape index (κ1) is 15.2. The van der Waals surface area contributed by atoms with Crippen LogP contribution >= 0.6 is 0 Å². The van der Waals surface area contributed by atoms with Crippen molar-refractivity contribution in [3.05, 3.63) is 30.1 Å². The van der Waals surface area contributed by atoms with Gasteiger partial charge in [0.1, 0.15) is 5.82 Å². The third kappa shape index (κ3) is 3.30. The fourth-order valence-electron chi connectivity index (χ4n) is 2.24. The molecule has 21 heavy (non-hydrogen) atoms. The molecule has 1 N–H and O–H groups in total. The third-order valence-corrected chi connectivity index (χ3v) is 3.34. The first-order chi connectivity index (χ1) is 10.0. The summed E-state index contributed by atoms with van der Waals surface area (Å²) in [6.07, 6.45) is 0. The molecule has 1 atom stereocenters. The lowest BCUT2D eigenvalue weighted by molar-refractivity contribution is -0.147. The first-order valence-corrected chi connectivity index (χ1v) is 6.69. The van der Waals surface area contributed by atoms with Crippen molar-refractivity contribution < 1.29 is 23.8 Å². The zero-order chi connectivity index (χ0) is 15.4. The second-order valence-corrected chi connectivity index (χ2v) is 4.63. The van der Waals surface area contributed by atoms with Crippen molar-refractivity contribution in [1.82, 2.24) is 4.90 Å². The highest BCUT2D eigenvalue weighted by molar-refractivity contribution is 5.94. The number of hydrogen-bond acceptors (Lipinski definition) is 3. The van der Waals surface area contributed by atoms with Gasteiger partial charge in [0.15, 0.2) is 6.04 Å². The molecule has 2 rings (SSSR count). The molecule has 1 aromatic carbocycles. The summed E-state index contributed by atoms with van der Waals surface area (Å²) in [5.41, 5.74) is 0.527. The molecule has 2 amide bonds. The van der Waals surface area contributed by atoms with Gasteiger partial charge in [0.25, 0.3) is 0 Å². The standard InChI is InChI=1S/C14H17FN2O4/c1-2-16(11-5-3-10(15)4-6-11)14(20)17-7-8-21-9-12(17)13(18)19/h3-6,12H,2,7-9H2,1H3,(H,18,19). The lowest BCUT2D eigenvalue weighted by Crippen LogP contribution is -2.56. The third-order valence-electron chi connectivity index (χ3n) is 3.34. The molecule has 0 bridgehead atoms. The second kappa shape index (κ2) is 6.53. The summed E-state index contributed by atoms with van der Waals surface area (Å²) in [6, 6.07) is 4.10. The highest BCUT2D eigenvalue weighted by atomic mass is 19.1. The number of amides is 2. The predicted octanol–water partition coefficient (Wildman–Crippen LogP) is 1.56. The Morgan fingerprint density at radius 1 is 1.43 bits per heavy atom. The summed E-state index contributed by atoms with van der Waals surface area (Å²) >= 11 is 0. The fourth-order valence-corrected chi connectivity index (χ4v) is 2.24. The van der Waals surface area contributed by atoms with E-state index in [2.05, 4.69) is 0 Å². The van der Waals surface area contributed by atoms with Crippen molar-refractivity contribution >= 4 is 17.7 Å². The van der Waals surface area contributed by atoms with Gasteiger partial charge in [0.2, 0.25) is 0 Å². The number of carboxylic acid groups (broad SMARTS) is 1. The molecular weight excluding hydrogens is 279 g/mol. The van der Waals surface area contributed by atoms with Gasteiger partial charge in [0.05, 0.1) is 13.2 Å². The summed E-state index contributed by atoms with van der Waals surface area (Å²) < 4.78 is 18.1. The zero-order valence-corrected chi connectivity index (χ0v) is 11.7. The van der Waals surface area contributed by atoms with Gasteiger partial charge >= 0.3 is 12.0 Å². The first-order valence-electron chi connectivity index (χ1n) is 6.69. The molecule has 1 heterocycles. The molecule has 1 unspecified atom stereocenters. The SMILES string of the molecule is CCN(C(=O)N1CCOCC1C(=O)O)c1ccc(F)cc1. The highest BCUT2D eigenvalue weighted by Gasteiger charge is 2.35. The fraction of sp³-hybridized carbons (Fsp3) is 0.429. The van der Waals surface area contributed by atoms with Crippen molar-refractivity contribution in [2.24, 2.45) is 0 Å². The number of benzene rings is 1. The summed E-state index contributed by atoms with van der Waals surface area (Å²) in [4.78, 5) is 26.5. The van der Waals surface area contributed by atoms with Gasteiger partial charge in [-0.05, 0) is 31.2 Å². The molecule has 1 aliphatic rings. The van der Waals surface area contributed by atoms with Gasteiger partial charge in [0, 0.05) is 18.8 Å². The zero-order valence-electron chi connectivity index (χ0n) is 11.7. The topological polar surface area (TPSA) is 70.1 Å².